The van der Waals surface area contributed by atoms with Crippen LogP contribution in [-0.4, -0.2) is 74.4 Å². The fourth-order valence-corrected chi connectivity index (χ4v) is 5.41. The number of benzene rings is 1. The molecule has 2 atom stereocenters. The first-order valence-electron chi connectivity index (χ1n) is 10.8. The van der Waals surface area contributed by atoms with Crippen LogP contribution in [0.15, 0.2) is 46.1 Å². The second kappa shape index (κ2) is 11.2. The molecule has 1 saturated heterocycles. The van der Waals surface area contributed by atoms with Crippen LogP contribution in [0.4, 0.5) is 18.3 Å². The summed E-state index contributed by atoms with van der Waals surface area (Å²) in [4.78, 5) is 57.4. The smallest absolute Gasteiger partial charge is 0.489 e. The molecule has 40 heavy (non-hydrogen) atoms. The standard InChI is InChI=1S/C22H15F3N6O7S2/c23-22(24,25)20(36)38-30-13(12-8-40-21(27)28-12)16(32)29-14-17(33)31-15(19(34)35)10(7-39-18(14)31)6-37-11-3-1-9(5-26)2-4-11/h1-4,8,14,18H,6-7H2,(H2,27,28)(H,29,32)(H,34,35)/t14?,18-/m0/s1. The number of halogens is 3. The Morgan fingerprint density at radius 1 is 1.30 bits per heavy atom. The number of fused-ring (bicyclic) bond motifs is 1. The van der Waals surface area contributed by atoms with E-state index in [4.69, 9.17) is 15.7 Å². The molecule has 2 aliphatic rings. The number of thioether (sulfide) groups is 1. The summed E-state index contributed by atoms with van der Waals surface area (Å²) >= 11 is 1.93. The zero-order valence-corrected chi connectivity index (χ0v) is 21.3. The predicted molar refractivity (Wildman–Crippen MR) is 132 cm³/mol. The molecule has 0 bridgehead atoms. The lowest BCUT2D eigenvalue weighted by Crippen LogP contribution is -2.71. The highest BCUT2D eigenvalue weighted by Gasteiger charge is 2.54. The molecular formula is C22H15F3N6O7S2. The number of carbonyl (C=O) groups excluding carboxylic acids is 3. The number of carboxylic acid groups (broad SMARTS) is 1. The van der Waals surface area contributed by atoms with E-state index in [1.165, 1.54) is 29.6 Å². The number of carbonyl (C=O) groups is 4. The fraction of sp³-hybridized carbons (Fsp3) is 0.227. The van der Waals surface area contributed by atoms with E-state index in [1.54, 1.807) is 0 Å². The van der Waals surface area contributed by atoms with Crippen LogP contribution in [-0.2, 0) is 24.0 Å². The van der Waals surface area contributed by atoms with Crippen molar-refractivity contribution < 1.29 is 47.0 Å². The van der Waals surface area contributed by atoms with Gasteiger partial charge in [0.05, 0.1) is 11.6 Å². The highest BCUT2D eigenvalue weighted by molar-refractivity contribution is 8.00. The maximum Gasteiger partial charge on any atom is 0.493 e. The Morgan fingerprint density at radius 2 is 2.00 bits per heavy atom. The third-order valence-corrected chi connectivity index (χ3v) is 7.38. The molecule has 0 radical (unpaired) electrons. The van der Waals surface area contributed by atoms with Crippen LogP contribution < -0.4 is 15.8 Å². The molecule has 3 heterocycles. The highest BCUT2D eigenvalue weighted by atomic mass is 32.2. The molecule has 4 rings (SSSR count). The maximum absolute atomic E-state index is 12.9. The van der Waals surface area contributed by atoms with Crippen LogP contribution in [0.25, 0.3) is 0 Å². The van der Waals surface area contributed by atoms with Gasteiger partial charge < -0.3 is 25.7 Å². The minimum absolute atomic E-state index is 0.0710. The van der Waals surface area contributed by atoms with Crippen molar-refractivity contribution in [3.8, 4) is 11.8 Å². The number of rotatable bonds is 8. The number of amides is 2. The SMILES string of the molecule is N#Cc1ccc(OCC2=C(C(=O)O)N3C(=O)C(NC(=O)C(=NOC(=O)C(F)(F)F)c4csc(N)n4)[C@@H]3SC2)cc1. The Labute approximate surface area is 230 Å². The van der Waals surface area contributed by atoms with Crippen LogP contribution >= 0.6 is 23.1 Å². The zero-order chi connectivity index (χ0) is 29.2. The Balaban J connectivity index is 1.50. The number of β-lactam (4-membered cyclic amide) rings is 1. The molecule has 1 aromatic carbocycles. The number of nitrogen functional groups attached to an aromatic ring is 1. The van der Waals surface area contributed by atoms with Gasteiger partial charge in [-0.15, -0.1) is 23.1 Å². The molecule has 208 valence electrons. The van der Waals surface area contributed by atoms with Gasteiger partial charge in [-0.05, 0) is 24.3 Å². The number of ether oxygens (including phenoxy) is 1. The van der Waals surface area contributed by atoms with Gasteiger partial charge in [0.25, 0.3) is 11.8 Å². The first kappa shape index (κ1) is 28.4. The molecule has 2 amide bonds. The van der Waals surface area contributed by atoms with Crippen molar-refractivity contribution >= 4 is 57.7 Å². The van der Waals surface area contributed by atoms with E-state index in [1.807, 2.05) is 6.07 Å². The first-order valence-corrected chi connectivity index (χ1v) is 12.7. The molecule has 4 N–H and O–H groups in total. The summed E-state index contributed by atoms with van der Waals surface area (Å²) in [6, 6.07) is 6.75. The fourth-order valence-electron chi connectivity index (χ4n) is 3.54. The number of nitrogens with one attached hydrogen (secondary N) is 1. The first-order chi connectivity index (χ1) is 18.9. The topological polar surface area (TPSA) is 197 Å². The molecule has 0 saturated carbocycles. The van der Waals surface area contributed by atoms with E-state index in [2.05, 4.69) is 20.3 Å². The van der Waals surface area contributed by atoms with E-state index in [0.717, 1.165) is 28.0 Å². The van der Waals surface area contributed by atoms with Crippen molar-refractivity contribution in [1.29, 1.82) is 5.26 Å². The van der Waals surface area contributed by atoms with E-state index in [-0.39, 0.29) is 34.5 Å². The van der Waals surface area contributed by atoms with Crippen molar-refractivity contribution in [2.75, 3.05) is 18.1 Å². The Morgan fingerprint density at radius 3 is 2.58 bits per heavy atom. The van der Waals surface area contributed by atoms with Gasteiger partial charge in [-0.3, -0.25) is 14.5 Å². The summed E-state index contributed by atoms with van der Waals surface area (Å²) in [5.41, 5.74) is 4.67. The molecule has 0 spiro atoms. The maximum atomic E-state index is 12.9. The number of hydrogen-bond donors (Lipinski definition) is 3. The van der Waals surface area contributed by atoms with Gasteiger partial charge in [0.1, 0.15) is 35.2 Å². The van der Waals surface area contributed by atoms with Gasteiger partial charge in [-0.2, -0.15) is 18.4 Å². The molecule has 1 fully saturated rings. The van der Waals surface area contributed by atoms with E-state index < -0.39 is 47.1 Å². The number of carboxylic acids is 1. The summed E-state index contributed by atoms with van der Waals surface area (Å²) in [7, 11) is 0. The molecule has 2 aromatic rings. The molecule has 0 aliphatic carbocycles. The van der Waals surface area contributed by atoms with E-state index in [0.29, 0.717) is 11.3 Å². The van der Waals surface area contributed by atoms with E-state index >= 15 is 0 Å². The second-order valence-electron chi connectivity index (χ2n) is 7.93. The minimum Gasteiger partial charge on any atom is -0.489 e. The Kier molecular flexibility index (Phi) is 7.97. The average Bonchev–Trinajstić information content (AvgIpc) is 3.35. The van der Waals surface area contributed by atoms with Crippen molar-refractivity contribution in [1.82, 2.24) is 15.2 Å². The number of aromatic nitrogens is 1. The van der Waals surface area contributed by atoms with Gasteiger partial charge in [0.2, 0.25) is 0 Å². The number of hydrogen-bond acceptors (Lipinski definition) is 12. The van der Waals surface area contributed by atoms with Gasteiger partial charge in [0.15, 0.2) is 10.8 Å². The van der Waals surface area contributed by atoms with Crippen LogP contribution in [0.3, 0.4) is 0 Å². The summed E-state index contributed by atoms with van der Waals surface area (Å²) in [5.74, 6) is -5.67. The second-order valence-corrected chi connectivity index (χ2v) is 9.93. The van der Waals surface area contributed by atoms with Crippen LogP contribution in [0.1, 0.15) is 11.3 Å². The number of anilines is 1. The number of nitrogens with zero attached hydrogens (tertiary/aromatic N) is 4. The summed E-state index contributed by atoms with van der Waals surface area (Å²) in [5, 5.41) is 24.2. The van der Waals surface area contributed by atoms with Gasteiger partial charge in [-0.25, -0.2) is 14.6 Å². The number of aliphatic carboxylic acids is 1. The molecule has 1 unspecified atom stereocenters. The number of oxime groups is 1. The molecule has 1 aromatic heterocycles. The van der Waals surface area contributed by atoms with E-state index in [9.17, 15) is 37.5 Å². The van der Waals surface area contributed by atoms with Crippen LogP contribution in [0, 0.1) is 11.3 Å². The lowest BCUT2D eigenvalue weighted by molar-refractivity contribution is -0.199. The predicted octanol–water partition coefficient (Wildman–Crippen LogP) is 1.22. The third kappa shape index (κ3) is 5.84. The summed E-state index contributed by atoms with van der Waals surface area (Å²) < 4.78 is 43.2. The largest absolute Gasteiger partial charge is 0.493 e. The number of nitriles is 1. The minimum atomic E-state index is -5.39. The van der Waals surface area contributed by atoms with Gasteiger partial charge in [0, 0.05) is 16.7 Å². The quantitative estimate of drug-likeness (QED) is 0.171. The van der Waals surface area contributed by atoms with Crippen LogP contribution in [0.5, 0.6) is 5.75 Å². The lowest BCUT2D eigenvalue weighted by Gasteiger charge is -2.49. The van der Waals surface area contributed by atoms with Crippen molar-refractivity contribution in [3.63, 3.8) is 0 Å². The number of thiazole rings is 1. The normalized spacial score (nSPS) is 18.8. The van der Waals surface area contributed by atoms with Crippen molar-refractivity contribution in [2.24, 2.45) is 5.16 Å². The molecule has 13 nitrogen and oxygen atoms in total. The zero-order valence-electron chi connectivity index (χ0n) is 19.7. The number of nitrogens with two attached hydrogens (primary N) is 1. The summed E-state index contributed by atoms with van der Waals surface area (Å²) in [6.45, 7) is -0.180. The highest BCUT2D eigenvalue weighted by Crippen LogP contribution is 2.40. The summed E-state index contributed by atoms with van der Waals surface area (Å²) in [6.07, 6.45) is -5.39. The molecule has 18 heteroatoms. The molecule has 2 aliphatic heterocycles. The Bertz CT molecular complexity index is 1480. The monoisotopic (exact) mass is 596 g/mol. The Hall–Kier alpha value is -4.63. The van der Waals surface area contributed by atoms with Gasteiger partial charge >= 0.3 is 18.1 Å². The van der Waals surface area contributed by atoms with Crippen molar-refractivity contribution in [2.45, 2.75) is 17.6 Å². The molecular weight excluding hydrogens is 581 g/mol. The van der Waals surface area contributed by atoms with Crippen molar-refractivity contribution in [3.05, 3.63) is 52.2 Å². The third-order valence-electron chi connectivity index (χ3n) is 5.36. The van der Waals surface area contributed by atoms with Gasteiger partial charge in [-0.1, -0.05) is 5.16 Å². The lowest BCUT2D eigenvalue weighted by atomic mass is 10.0. The van der Waals surface area contributed by atoms with Crippen LogP contribution in [0.2, 0.25) is 0 Å². The number of alkyl halides is 3. The average molecular weight is 597 g/mol.